The van der Waals surface area contributed by atoms with Gasteiger partial charge < -0.3 is 9.64 Å². The number of carbonyl (C=O) groups is 3. The predicted molar refractivity (Wildman–Crippen MR) is 112 cm³/mol. The molecule has 150 valence electrons. The molecule has 1 amide bonds. The van der Waals surface area contributed by atoms with E-state index in [1.54, 1.807) is 22.7 Å². The van der Waals surface area contributed by atoms with Crippen molar-refractivity contribution in [2.24, 2.45) is 0 Å². The Kier molecular flexibility index (Phi) is 5.21. The fourth-order valence-electron chi connectivity index (χ4n) is 4.16. The number of thioether (sulfide) groups is 1. The Hall–Kier alpha value is -2.60. The number of ether oxygens (including phenoxy) is 1. The van der Waals surface area contributed by atoms with E-state index in [0.717, 1.165) is 16.7 Å². The smallest absolute Gasteiger partial charge is 0.330 e. The molecule has 0 saturated carbocycles. The van der Waals surface area contributed by atoms with Crippen LogP contribution in [0.2, 0.25) is 0 Å². The molecule has 0 radical (unpaired) electrons. The number of ketones is 1. The van der Waals surface area contributed by atoms with Crippen LogP contribution in [0.15, 0.2) is 48.5 Å². The Balaban J connectivity index is 1.49. The fourth-order valence-corrected chi connectivity index (χ4v) is 5.80. The number of fused-ring (bicyclic) bond motifs is 1. The van der Waals surface area contributed by atoms with Gasteiger partial charge in [0.15, 0.2) is 6.61 Å². The Labute approximate surface area is 174 Å². The van der Waals surface area contributed by atoms with Crippen LogP contribution in [0.25, 0.3) is 0 Å². The molecule has 6 heteroatoms. The highest BCUT2D eigenvalue weighted by Crippen LogP contribution is 2.54. The molecule has 0 unspecified atom stereocenters. The van der Waals surface area contributed by atoms with Crippen LogP contribution in [0.3, 0.4) is 0 Å². The van der Waals surface area contributed by atoms with Crippen LogP contribution in [-0.4, -0.2) is 41.0 Å². The minimum Gasteiger partial charge on any atom is -0.456 e. The average Bonchev–Trinajstić information content (AvgIpc) is 3.28. The van der Waals surface area contributed by atoms with Gasteiger partial charge in [-0.25, -0.2) is 4.79 Å². The topological polar surface area (TPSA) is 63.7 Å². The van der Waals surface area contributed by atoms with Crippen LogP contribution in [0.1, 0.15) is 39.9 Å². The number of hydrogen-bond acceptors (Lipinski definition) is 5. The lowest BCUT2D eigenvalue weighted by Crippen LogP contribution is -2.47. The van der Waals surface area contributed by atoms with Crippen LogP contribution < -0.4 is 0 Å². The lowest BCUT2D eigenvalue weighted by Gasteiger charge is -2.33. The first kappa shape index (κ1) is 19.7. The second-order valence-corrected chi connectivity index (χ2v) is 8.89. The number of carbonyl (C=O) groups excluding carboxylic acids is 3. The molecular formula is C23H23NO4S. The normalized spacial score (nSPS) is 23.2. The van der Waals surface area contributed by atoms with Gasteiger partial charge in [0.25, 0.3) is 0 Å². The number of nitrogens with zero attached hydrogens (tertiary/aromatic N) is 1. The number of benzene rings is 2. The van der Waals surface area contributed by atoms with Gasteiger partial charge in [0.05, 0.1) is 0 Å². The van der Waals surface area contributed by atoms with Crippen molar-refractivity contribution in [3.63, 3.8) is 0 Å². The van der Waals surface area contributed by atoms with E-state index in [1.165, 1.54) is 0 Å². The summed E-state index contributed by atoms with van der Waals surface area (Å²) in [4.78, 5) is 39.2. The van der Waals surface area contributed by atoms with Gasteiger partial charge in [-0.3, -0.25) is 9.59 Å². The van der Waals surface area contributed by atoms with Crippen LogP contribution in [0.5, 0.6) is 0 Å². The number of aryl methyl sites for hydroxylation is 2. The van der Waals surface area contributed by atoms with Crippen molar-refractivity contribution in [2.75, 3.05) is 12.4 Å². The first-order chi connectivity index (χ1) is 13.9. The standard InChI is InChI=1S/C23H23NO4S/c1-15-8-9-16(2)18(12-15)20(25)13-28-22(27)19-14-29-23(11-10-21(26)24(19)23)17-6-4-3-5-7-17/h3-9,12,19H,10-11,13-14H2,1-2H3/t19-,23+/m1/s1. The summed E-state index contributed by atoms with van der Waals surface area (Å²) in [6.07, 6.45) is 1.08. The molecule has 0 N–H and O–H groups in total. The number of amides is 1. The van der Waals surface area contributed by atoms with Crippen molar-refractivity contribution in [3.05, 3.63) is 70.8 Å². The van der Waals surface area contributed by atoms with E-state index in [4.69, 9.17) is 4.74 Å². The van der Waals surface area contributed by atoms with Gasteiger partial charge in [0, 0.05) is 17.7 Å². The molecule has 2 aliphatic heterocycles. The fraction of sp³-hybridized carbons (Fsp3) is 0.348. The lowest BCUT2D eigenvalue weighted by atomic mass is 10.0. The largest absolute Gasteiger partial charge is 0.456 e. The van der Waals surface area contributed by atoms with Gasteiger partial charge in [-0.05, 0) is 37.5 Å². The Morgan fingerprint density at radius 1 is 1.17 bits per heavy atom. The number of hydrogen-bond donors (Lipinski definition) is 0. The first-order valence-electron chi connectivity index (χ1n) is 9.71. The van der Waals surface area contributed by atoms with E-state index in [0.29, 0.717) is 24.2 Å². The number of Topliss-reactive ketones (excluding diaryl/α,β-unsaturated/α-hetero) is 1. The molecule has 2 aliphatic rings. The van der Waals surface area contributed by atoms with E-state index in [9.17, 15) is 14.4 Å². The lowest BCUT2D eigenvalue weighted by molar-refractivity contribution is -0.152. The first-order valence-corrected chi connectivity index (χ1v) is 10.7. The summed E-state index contributed by atoms with van der Waals surface area (Å²) in [5.74, 6) is -0.310. The highest BCUT2D eigenvalue weighted by molar-refractivity contribution is 8.00. The van der Waals surface area contributed by atoms with Crippen LogP contribution in [-0.2, 0) is 19.2 Å². The molecule has 5 nitrogen and oxygen atoms in total. The van der Waals surface area contributed by atoms with Crippen molar-refractivity contribution in [1.82, 2.24) is 4.90 Å². The third kappa shape index (κ3) is 3.46. The molecule has 2 saturated heterocycles. The van der Waals surface area contributed by atoms with Crippen LogP contribution >= 0.6 is 11.8 Å². The zero-order chi connectivity index (χ0) is 20.6. The van der Waals surface area contributed by atoms with Crippen molar-refractivity contribution >= 4 is 29.4 Å². The van der Waals surface area contributed by atoms with E-state index >= 15 is 0 Å². The molecule has 0 aliphatic carbocycles. The Morgan fingerprint density at radius 2 is 1.93 bits per heavy atom. The van der Waals surface area contributed by atoms with Crippen molar-refractivity contribution in [2.45, 2.75) is 37.6 Å². The van der Waals surface area contributed by atoms with Gasteiger partial charge in [-0.15, -0.1) is 11.8 Å². The second kappa shape index (κ2) is 7.67. The molecule has 4 rings (SSSR count). The molecule has 29 heavy (non-hydrogen) atoms. The van der Waals surface area contributed by atoms with Crippen molar-refractivity contribution < 1.29 is 19.1 Å². The number of rotatable bonds is 5. The van der Waals surface area contributed by atoms with Gasteiger partial charge >= 0.3 is 5.97 Å². The molecule has 2 aromatic carbocycles. The monoisotopic (exact) mass is 409 g/mol. The predicted octanol–water partition coefficient (Wildman–Crippen LogP) is 3.62. The van der Waals surface area contributed by atoms with E-state index < -0.39 is 16.9 Å². The highest BCUT2D eigenvalue weighted by Gasteiger charge is 2.57. The SMILES string of the molecule is Cc1ccc(C)c(C(=O)COC(=O)[C@H]2CS[C@]3(c4ccccc4)CCC(=O)N23)c1. The van der Waals surface area contributed by atoms with Crippen LogP contribution in [0, 0.1) is 13.8 Å². The summed E-state index contributed by atoms with van der Waals surface area (Å²) in [5, 5.41) is 0. The maximum atomic E-state index is 12.8. The highest BCUT2D eigenvalue weighted by atomic mass is 32.2. The van der Waals surface area contributed by atoms with Crippen LogP contribution in [0.4, 0.5) is 0 Å². The minimum absolute atomic E-state index is 0.0401. The Morgan fingerprint density at radius 3 is 2.69 bits per heavy atom. The molecule has 0 aromatic heterocycles. The Bertz CT molecular complexity index is 974. The summed E-state index contributed by atoms with van der Waals surface area (Å²) in [7, 11) is 0. The maximum Gasteiger partial charge on any atom is 0.330 e. The van der Waals surface area contributed by atoms with Gasteiger partial charge in [-0.1, -0.05) is 48.0 Å². The van der Waals surface area contributed by atoms with Gasteiger partial charge in [0.1, 0.15) is 10.9 Å². The molecule has 2 atom stereocenters. The second-order valence-electron chi connectivity index (χ2n) is 7.59. The third-order valence-corrected chi connectivity index (χ3v) is 7.26. The van der Waals surface area contributed by atoms with E-state index in [1.807, 2.05) is 56.3 Å². The summed E-state index contributed by atoms with van der Waals surface area (Å²) < 4.78 is 5.38. The molecular weight excluding hydrogens is 386 g/mol. The third-order valence-electron chi connectivity index (χ3n) is 5.66. The maximum absolute atomic E-state index is 12.8. The molecule has 2 aromatic rings. The average molecular weight is 410 g/mol. The number of esters is 1. The van der Waals surface area contributed by atoms with E-state index in [-0.39, 0.29) is 18.3 Å². The van der Waals surface area contributed by atoms with Crippen molar-refractivity contribution in [3.8, 4) is 0 Å². The summed E-state index contributed by atoms with van der Waals surface area (Å²) >= 11 is 1.61. The molecule has 0 bridgehead atoms. The molecule has 0 spiro atoms. The summed E-state index contributed by atoms with van der Waals surface area (Å²) in [6, 6.07) is 14.8. The van der Waals surface area contributed by atoms with Gasteiger partial charge in [0.2, 0.25) is 11.7 Å². The van der Waals surface area contributed by atoms with Crippen molar-refractivity contribution in [1.29, 1.82) is 0 Å². The zero-order valence-corrected chi connectivity index (χ0v) is 17.3. The van der Waals surface area contributed by atoms with Gasteiger partial charge in [-0.2, -0.15) is 0 Å². The quantitative estimate of drug-likeness (QED) is 0.558. The zero-order valence-electron chi connectivity index (χ0n) is 16.5. The minimum atomic E-state index is -0.665. The molecule has 2 fully saturated rings. The summed E-state index contributed by atoms with van der Waals surface area (Å²) in [6.45, 7) is 3.46. The molecule has 2 heterocycles. The van der Waals surface area contributed by atoms with E-state index in [2.05, 4.69) is 0 Å². The summed E-state index contributed by atoms with van der Waals surface area (Å²) in [5.41, 5.74) is 3.42.